The van der Waals surface area contributed by atoms with Crippen molar-refractivity contribution < 1.29 is 0 Å². The lowest BCUT2D eigenvalue weighted by Crippen LogP contribution is -2.31. The molecule has 0 aliphatic heterocycles. The molecule has 0 bridgehead atoms. The van der Waals surface area contributed by atoms with Crippen molar-refractivity contribution in [2.75, 3.05) is 37.8 Å². The summed E-state index contributed by atoms with van der Waals surface area (Å²) < 4.78 is 0.882. The van der Waals surface area contributed by atoms with Crippen molar-refractivity contribution >= 4 is 27.6 Å². The zero-order chi connectivity index (χ0) is 12.8. The maximum atomic E-state index is 4.22. The van der Waals surface area contributed by atoms with Crippen LogP contribution >= 0.6 is 15.9 Å². The first-order valence-corrected chi connectivity index (χ1v) is 6.50. The van der Waals surface area contributed by atoms with Gasteiger partial charge in [-0.25, -0.2) is 9.97 Å². The summed E-state index contributed by atoms with van der Waals surface area (Å²) in [6.45, 7) is 5.88. The summed E-state index contributed by atoms with van der Waals surface area (Å²) in [7, 11) is 4.12. The number of nitrogens with zero attached hydrogens (tertiary/aromatic N) is 3. The Morgan fingerprint density at radius 3 is 2.41 bits per heavy atom. The van der Waals surface area contributed by atoms with Gasteiger partial charge in [-0.15, -0.1) is 0 Å². The van der Waals surface area contributed by atoms with Crippen LogP contribution in [0.25, 0.3) is 0 Å². The summed E-state index contributed by atoms with van der Waals surface area (Å²) >= 11 is 3.51. The van der Waals surface area contributed by atoms with Crippen LogP contribution in [0.15, 0.2) is 10.8 Å². The van der Waals surface area contributed by atoms with Gasteiger partial charge in [0.25, 0.3) is 0 Å². The Morgan fingerprint density at radius 1 is 1.29 bits per heavy atom. The van der Waals surface area contributed by atoms with E-state index in [2.05, 4.69) is 62.5 Å². The SMILES string of the molecule is CCNc1ncnc(NCC(C)N(C)C)c1Br. The van der Waals surface area contributed by atoms with E-state index in [0.717, 1.165) is 29.2 Å². The Bertz CT molecular complexity index is 356. The smallest absolute Gasteiger partial charge is 0.146 e. The molecule has 0 saturated heterocycles. The van der Waals surface area contributed by atoms with E-state index >= 15 is 0 Å². The van der Waals surface area contributed by atoms with Gasteiger partial charge in [0, 0.05) is 19.1 Å². The van der Waals surface area contributed by atoms with Gasteiger partial charge in [-0.2, -0.15) is 0 Å². The Hall–Kier alpha value is -0.880. The molecule has 0 saturated carbocycles. The first-order chi connectivity index (χ1) is 8.06. The molecule has 96 valence electrons. The summed E-state index contributed by atoms with van der Waals surface area (Å²) in [5, 5.41) is 6.49. The zero-order valence-electron chi connectivity index (χ0n) is 10.8. The molecule has 1 atom stereocenters. The lowest BCUT2D eigenvalue weighted by Gasteiger charge is -2.20. The molecule has 6 heteroatoms. The van der Waals surface area contributed by atoms with Crippen LogP contribution in [-0.2, 0) is 0 Å². The highest BCUT2D eigenvalue weighted by Gasteiger charge is 2.09. The first kappa shape index (κ1) is 14.2. The van der Waals surface area contributed by atoms with Crippen LogP contribution < -0.4 is 10.6 Å². The number of hydrogen-bond acceptors (Lipinski definition) is 5. The van der Waals surface area contributed by atoms with Gasteiger partial charge in [0.15, 0.2) is 0 Å². The van der Waals surface area contributed by atoms with Crippen LogP contribution in [0.5, 0.6) is 0 Å². The van der Waals surface area contributed by atoms with Crippen molar-refractivity contribution in [1.82, 2.24) is 14.9 Å². The lowest BCUT2D eigenvalue weighted by molar-refractivity contribution is 0.326. The Labute approximate surface area is 111 Å². The van der Waals surface area contributed by atoms with Crippen molar-refractivity contribution in [3.63, 3.8) is 0 Å². The van der Waals surface area contributed by atoms with Gasteiger partial charge in [-0.1, -0.05) is 0 Å². The van der Waals surface area contributed by atoms with Crippen molar-refractivity contribution in [3.05, 3.63) is 10.8 Å². The minimum absolute atomic E-state index is 0.444. The molecule has 0 fully saturated rings. The summed E-state index contributed by atoms with van der Waals surface area (Å²) in [5.41, 5.74) is 0. The number of anilines is 2. The van der Waals surface area contributed by atoms with Gasteiger partial charge in [-0.05, 0) is 43.9 Å². The second-order valence-electron chi connectivity index (χ2n) is 4.11. The Kier molecular flexibility index (Phi) is 5.64. The molecule has 1 unspecified atom stereocenters. The molecule has 0 aromatic carbocycles. The highest BCUT2D eigenvalue weighted by Crippen LogP contribution is 2.26. The minimum Gasteiger partial charge on any atom is -0.369 e. The van der Waals surface area contributed by atoms with Crippen LogP contribution in [0.2, 0.25) is 0 Å². The molecule has 0 amide bonds. The van der Waals surface area contributed by atoms with Crippen molar-refractivity contribution in [2.45, 2.75) is 19.9 Å². The average molecular weight is 302 g/mol. The zero-order valence-corrected chi connectivity index (χ0v) is 12.4. The van der Waals surface area contributed by atoms with E-state index in [0.29, 0.717) is 6.04 Å². The predicted molar refractivity (Wildman–Crippen MR) is 75.5 cm³/mol. The standard InChI is InChI=1S/C11H20BrN5/c1-5-13-10-9(12)11(16-7-15-10)14-6-8(2)17(3)4/h7-8H,5-6H2,1-4H3,(H2,13,14,15,16). The van der Waals surface area contributed by atoms with E-state index in [1.54, 1.807) is 6.33 Å². The Morgan fingerprint density at radius 2 is 1.88 bits per heavy atom. The molecule has 0 radical (unpaired) electrons. The van der Waals surface area contributed by atoms with Gasteiger partial charge >= 0.3 is 0 Å². The Balaban J connectivity index is 2.68. The van der Waals surface area contributed by atoms with Crippen LogP contribution in [0, 0.1) is 0 Å². The van der Waals surface area contributed by atoms with E-state index in [4.69, 9.17) is 0 Å². The highest BCUT2D eigenvalue weighted by atomic mass is 79.9. The molecule has 2 N–H and O–H groups in total. The number of likely N-dealkylation sites (N-methyl/N-ethyl adjacent to an activating group) is 1. The van der Waals surface area contributed by atoms with Gasteiger partial charge < -0.3 is 15.5 Å². The number of rotatable bonds is 6. The second-order valence-corrected chi connectivity index (χ2v) is 4.90. The summed E-state index contributed by atoms with van der Waals surface area (Å²) in [4.78, 5) is 10.6. The fourth-order valence-electron chi connectivity index (χ4n) is 1.21. The molecular formula is C11H20BrN5. The number of nitrogens with one attached hydrogen (secondary N) is 2. The van der Waals surface area contributed by atoms with Crippen LogP contribution in [0.3, 0.4) is 0 Å². The molecule has 1 aromatic heterocycles. The van der Waals surface area contributed by atoms with Crippen LogP contribution in [0.4, 0.5) is 11.6 Å². The summed E-state index contributed by atoms with van der Waals surface area (Å²) in [5.74, 6) is 1.65. The lowest BCUT2D eigenvalue weighted by atomic mass is 10.3. The number of halogens is 1. The number of hydrogen-bond donors (Lipinski definition) is 2. The van der Waals surface area contributed by atoms with Crippen molar-refractivity contribution in [2.24, 2.45) is 0 Å². The van der Waals surface area contributed by atoms with Crippen LogP contribution in [0.1, 0.15) is 13.8 Å². The minimum atomic E-state index is 0.444. The maximum absolute atomic E-state index is 4.22. The summed E-state index contributed by atoms with van der Waals surface area (Å²) in [6, 6.07) is 0.444. The molecule has 1 rings (SSSR count). The predicted octanol–water partition coefficient (Wildman–Crippen LogP) is 2.03. The third-order valence-corrected chi connectivity index (χ3v) is 3.33. The van der Waals surface area contributed by atoms with Crippen molar-refractivity contribution in [3.8, 4) is 0 Å². The number of aromatic nitrogens is 2. The largest absolute Gasteiger partial charge is 0.369 e. The molecule has 0 aliphatic rings. The fraction of sp³-hybridized carbons (Fsp3) is 0.636. The van der Waals surface area contributed by atoms with E-state index in [1.807, 2.05) is 6.92 Å². The van der Waals surface area contributed by atoms with Crippen LogP contribution in [-0.4, -0.2) is 48.1 Å². The maximum Gasteiger partial charge on any atom is 0.146 e. The molecule has 1 aromatic rings. The average Bonchev–Trinajstić information content (AvgIpc) is 2.30. The molecule has 1 heterocycles. The van der Waals surface area contributed by atoms with E-state index in [9.17, 15) is 0 Å². The third-order valence-electron chi connectivity index (χ3n) is 2.58. The quantitative estimate of drug-likeness (QED) is 0.842. The van der Waals surface area contributed by atoms with Gasteiger partial charge in [-0.3, -0.25) is 0 Å². The molecular weight excluding hydrogens is 282 g/mol. The second kappa shape index (κ2) is 6.76. The van der Waals surface area contributed by atoms with E-state index in [-0.39, 0.29) is 0 Å². The molecule has 0 aliphatic carbocycles. The molecule has 17 heavy (non-hydrogen) atoms. The third kappa shape index (κ3) is 4.12. The van der Waals surface area contributed by atoms with E-state index < -0.39 is 0 Å². The van der Waals surface area contributed by atoms with Gasteiger partial charge in [0.1, 0.15) is 22.4 Å². The monoisotopic (exact) mass is 301 g/mol. The molecule has 5 nitrogen and oxygen atoms in total. The van der Waals surface area contributed by atoms with E-state index in [1.165, 1.54) is 0 Å². The summed E-state index contributed by atoms with van der Waals surface area (Å²) in [6.07, 6.45) is 1.56. The topological polar surface area (TPSA) is 53.1 Å². The highest BCUT2D eigenvalue weighted by molar-refractivity contribution is 9.10. The van der Waals surface area contributed by atoms with Gasteiger partial charge in [0.05, 0.1) is 0 Å². The van der Waals surface area contributed by atoms with Gasteiger partial charge in [0.2, 0.25) is 0 Å². The molecule has 0 spiro atoms. The normalized spacial score (nSPS) is 12.6. The fourth-order valence-corrected chi connectivity index (χ4v) is 1.70. The van der Waals surface area contributed by atoms with Crippen molar-refractivity contribution in [1.29, 1.82) is 0 Å². The first-order valence-electron chi connectivity index (χ1n) is 5.71.